The van der Waals surface area contributed by atoms with Gasteiger partial charge in [0.2, 0.25) is 0 Å². The second kappa shape index (κ2) is 8.99. The summed E-state index contributed by atoms with van der Waals surface area (Å²) in [6.45, 7) is 6.26. The highest BCUT2D eigenvalue weighted by Gasteiger charge is 2.12. The van der Waals surface area contributed by atoms with Gasteiger partial charge in [0.05, 0.1) is 0 Å². The Kier molecular flexibility index (Phi) is 7.60. The number of benzene rings is 1. The maximum Gasteiger partial charge on any atom is 0.159 e. The molecule has 1 rings (SSSR count). The van der Waals surface area contributed by atoms with Gasteiger partial charge in [-0.15, -0.1) is 0 Å². The molecule has 0 saturated heterocycles. The van der Waals surface area contributed by atoms with E-state index < -0.39 is 11.6 Å². The molecule has 0 aliphatic heterocycles. The molecule has 1 unspecified atom stereocenters. The van der Waals surface area contributed by atoms with Gasteiger partial charge in [-0.3, -0.25) is 0 Å². The number of ether oxygens (including phenoxy) is 1. The zero-order valence-corrected chi connectivity index (χ0v) is 11.7. The molecule has 0 saturated carbocycles. The molecule has 19 heavy (non-hydrogen) atoms. The van der Waals surface area contributed by atoms with E-state index in [2.05, 4.69) is 12.2 Å². The monoisotopic (exact) mass is 271 g/mol. The molecule has 1 aromatic rings. The van der Waals surface area contributed by atoms with E-state index in [9.17, 15) is 8.78 Å². The highest BCUT2D eigenvalue weighted by molar-refractivity contribution is 5.21. The fraction of sp³-hybridized carbons (Fsp3) is 0.600. The van der Waals surface area contributed by atoms with Crippen LogP contribution in [0.4, 0.5) is 8.78 Å². The van der Waals surface area contributed by atoms with Gasteiger partial charge in [0.25, 0.3) is 0 Å². The van der Waals surface area contributed by atoms with Crippen molar-refractivity contribution in [1.82, 2.24) is 5.32 Å². The second-order valence-corrected chi connectivity index (χ2v) is 4.54. The minimum atomic E-state index is -0.807. The summed E-state index contributed by atoms with van der Waals surface area (Å²) in [6, 6.07) is 4.06. The van der Waals surface area contributed by atoms with E-state index >= 15 is 0 Å². The van der Waals surface area contributed by atoms with Gasteiger partial charge in [-0.1, -0.05) is 26.3 Å². The molecule has 0 radical (unpaired) electrons. The molecule has 1 atom stereocenters. The number of unbranched alkanes of at least 4 members (excludes halogenated alkanes) is 1. The lowest BCUT2D eigenvalue weighted by Gasteiger charge is -2.18. The van der Waals surface area contributed by atoms with Crippen molar-refractivity contribution in [3.8, 4) is 0 Å². The van der Waals surface area contributed by atoms with E-state index in [1.165, 1.54) is 12.1 Å². The lowest BCUT2D eigenvalue weighted by atomic mass is 10.0. The first-order valence-electron chi connectivity index (χ1n) is 6.95. The SMILES string of the molecule is CCCCOCCC(NCC)c1ccc(F)c(F)c1. The fourth-order valence-electron chi connectivity index (χ4n) is 1.91. The summed E-state index contributed by atoms with van der Waals surface area (Å²) in [5.74, 6) is -1.61. The number of nitrogens with one attached hydrogen (secondary N) is 1. The first-order valence-corrected chi connectivity index (χ1v) is 6.95. The molecule has 1 N–H and O–H groups in total. The molecular weight excluding hydrogens is 248 g/mol. The number of hydrogen-bond acceptors (Lipinski definition) is 2. The molecule has 0 heterocycles. The molecule has 0 bridgehead atoms. The molecule has 0 fully saturated rings. The lowest BCUT2D eigenvalue weighted by molar-refractivity contribution is 0.121. The van der Waals surface area contributed by atoms with E-state index in [1.54, 1.807) is 6.07 Å². The Morgan fingerprint density at radius 1 is 1.16 bits per heavy atom. The summed E-state index contributed by atoms with van der Waals surface area (Å²) in [7, 11) is 0. The van der Waals surface area contributed by atoms with E-state index in [4.69, 9.17) is 4.74 Å². The Balaban J connectivity index is 2.53. The highest BCUT2D eigenvalue weighted by atomic mass is 19.2. The van der Waals surface area contributed by atoms with Crippen LogP contribution in [0.25, 0.3) is 0 Å². The summed E-state index contributed by atoms with van der Waals surface area (Å²) in [5, 5.41) is 3.27. The Hall–Kier alpha value is -1.00. The smallest absolute Gasteiger partial charge is 0.159 e. The quantitative estimate of drug-likeness (QED) is 0.689. The van der Waals surface area contributed by atoms with Gasteiger partial charge in [0.15, 0.2) is 11.6 Å². The van der Waals surface area contributed by atoms with Crippen LogP contribution in [-0.4, -0.2) is 19.8 Å². The topological polar surface area (TPSA) is 21.3 Å². The Morgan fingerprint density at radius 3 is 2.58 bits per heavy atom. The molecule has 0 aliphatic carbocycles. The van der Waals surface area contributed by atoms with Crippen LogP contribution in [0.2, 0.25) is 0 Å². The van der Waals surface area contributed by atoms with Crippen LogP contribution >= 0.6 is 0 Å². The third-order valence-electron chi connectivity index (χ3n) is 2.99. The van der Waals surface area contributed by atoms with Gasteiger partial charge in [-0.2, -0.15) is 0 Å². The second-order valence-electron chi connectivity index (χ2n) is 4.54. The van der Waals surface area contributed by atoms with Crippen LogP contribution in [0.3, 0.4) is 0 Å². The molecular formula is C15H23F2NO. The van der Waals surface area contributed by atoms with E-state index in [1.807, 2.05) is 6.92 Å². The first-order chi connectivity index (χ1) is 9.19. The Labute approximate surface area is 114 Å². The third-order valence-corrected chi connectivity index (χ3v) is 2.99. The van der Waals surface area contributed by atoms with Crippen molar-refractivity contribution in [2.45, 2.75) is 39.2 Å². The molecule has 0 aliphatic rings. The van der Waals surface area contributed by atoms with E-state index in [0.29, 0.717) is 6.61 Å². The van der Waals surface area contributed by atoms with E-state index in [0.717, 1.165) is 38.0 Å². The van der Waals surface area contributed by atoms with Crippen molar-refractivity contribution in [1.29, 1.82) is 0 Å². The van der Waals surface area contributed by atoms with Crippen LogP contribution in [0.15, 0.2) is 18.2 Å². The molecule has 4 heteroatoms. The van der Waals surface area contributed by atoms with Crippen LogP contribution in [0, 0.1) is 11.6 Å². The number of hydrogen-bond donors (Lipinski definition) is 1. The van der Waals surface area contributed by atoms with Crippen molar-refractivity contribution < 1.29 is 13.5 Å². The van der Waals surface area contributed by atoms with Gasteiger partial charge in [0.1, 0.15) is 0 Å². The van der Waals surface area contributed by atoms with Gasteiger partial charge < -0.3 is 10.1 Å². The highest BCUT2D eigenvalue weighted by Crippen LogP contribution is 2.19. The summed E-state index contributed by atoms with van der Waals surface area (Å²) in [5.41, 5.74) is 0.764. The fourth-order valence-corrected chi connectivity index (χ4v) is 1.91. The zero-order chi connectivity index (χ0) is 14.1. The maximum absolute atomic E-state index is 13.2. The molecule has 0 amide bonds. The first kappa shape index (κ1) is 16.1. The summed E-state index contributed by atoms with van der Waals surface area (Å²) >= 11 is 0. The van der Waals surface area contributed by atoms with Crippen molar-refractivity contribution in [2.75, 3.05) is 19.8 Å². The van der Waals surface area contributed by atoms with Crippen LogP contribution in [-0.2, 0) is 4.74 Å². The summed E-state index contributed by atoms with van der Waals surface area (Å²) in [6.07, 6.45) is 2.92. The molecule has 2 nitrogen and oxygen atoms in total. The van der Waals surface area contributed by atoms with Gasteiger partial charge >= 0.3 is 0 Å². The lowest BCUT2D eigenvalue weighted by Crippen LogP contribution is -2.22. The Bertz CT molecular complexity index is 371. The summed E-state index contributed by atoms with van der Waals surface area (Å²) in [4.78, 5) is 0. The van der Waals surface area contributed by atoms with Crippen molar-refractivity contribution in [2.24, 2.45) is 0 Å². The normalized spacial score (nSPS) is 12.6. The molecule has 108 valence electrons. The van der Waals surface area contributed by atoms with Crippen molar-refractivity contribution in [3.63, 3.8) is 0 Å². The largest absolute Gasteiger partial charge is 0.381 e. The van der Waals surface area contributed by atoms with Gasteiger partial charge in [0, 0.05) is 19.3 Å². The van der Waals surface area contributed by atoms with Crippen LogP contribution in [0.5, 0.6) is 0 Å². The predicted molar refractivity (Wildman–Crippen MR) is 73.1 cm³/mol. The molecule has 0 spiro atoms. The van der Waals surface area contributed by atoms with Crippen molar-refractivity contribution in [3.05, 3.63) is 35.4 Å². The van der Waals surface area contributed by atoms with Gasteiger partial charge in [-0.05, 0) is 37.1 Å². The zero-order valence-electron chi connectivity index (χ0n) is 11.7. The van der Waals surface area contributed by atoms with Crippen molar-refractivity contribution >= 4 is 0 Å². The standard InChI is InChI=1S/C15H23F2NO/c1-3-5-9-19-10-8-15(18-4-2)12-6-7-13(16)14(17)11-12/h6-7,11,15,18H,3-5,8-10H2,1-2H3. The van der Waals surface area contributed by atoms with Gasteiger partial charge in [-0.25, -0.2) is 8.78 Å². The third kappa shape index (κ3) is 5.66. The Morgan fingerprint density at radius 2 is 1.95 bits per heavy atom. The van der Waals surface area contributed by atoms with Crippen LogP contribution < -0.4 is 5.32 Å². The maximum atomic E-state index is 13.2. The predicted octanol–water partition coefficient (Wildman–Crippen LogP) is 3.82. The number of rotatable bonds is 9. The molecule has 1 aromatic carbocycles. The van der Waals surface area contributed by atoms with Crippen LogP contribution in [0.1, 0.15) is 44.7 Å². The summed E-state index contributed by atoms with van der Waals surface area (Å²) < 4.78 is 31.7. The van der Waals surface area contributed by atoms with E-state index in [-0.39, 0.29) is 6.04 Å². The molecule has 0 aromatic heterocycles. The average Bonchev–Trinajstić information content (AvgIpc) is 2.40. The average molecular weight is 271 g/mol. The number of halogens is 2. The minimum Gasteiger partial charge on any atom is -0.381 e. The minimum absolute atomic E-state index is 0.00160.